The molecule has 1 aromatic heterocycles. The Kier molecular flexibility index (Phi) is 4.49. The van der Waals surface area contributed by atoms with Crippen LogP contribution in [0.1, 0.15) is 0 Å². The van der Waals surface area contributed by atoms with Crippen molar-refractivity contribution in [1.82, 2.24) is 9.97 Å². The van der Waals surface area contributed by atoms with Crippen LogP contribution in [0.25, 0.3) is 33.5 Å². The van der Waals surface area contributed by atoms with E-state index in [0.717, 1.165) is 33.5 Å². The van der Waals surface area contributed by atoms with Gasteiger partial charge in [0.05, 0.1) is 22.4 Å². The van der Waals surface area contributed by atoms with Crippen molar-refractivity contribution in [2.24, 2.45) is 0 Å². The van der Waals surface area contributed by atoms with Gasteiger partial charge in [-0.1, -0.05) is 36.4 Å². The summed E-state index contributed by atoms with van der Waals surface area (Å²) in [4.78, 5) is 9.81. The topological polar surface area (TPSA) is 25.8 Å². The number of halogens is 2. The van der Waals surface area contributed by atoms with E-state index in [4.69, 9.17) is 9.97 Å². The van der Waals surface area contributed by atoms with Crippen LogP contribution >= 0.6 is 45.2 Å². The Morgan fingerprint density at radius 3 is 1.25 bits per heavy atom. The highest BCUT2D eigenvalue weighted by Crippen LogP contribution is 2.31. The molecule has 0 atom stereocenters. The van der Waals surface area contributed by atoms with Gasteiger partial charge in [0.15, 0.2) is 0 Å². The Morgan fingerprint density at radius 2 is 0.875 bits per heavy atom. The molecule has 24 heavy (non-hydrogen) atoms. The van der Waals surface area contributed by atoms with Crippen molar-refractivity contribution in [3.05, 3.63) is 79.9 Å². The molecule has 2 nitrogen and oxygen atoms in total. The lowest BCUT2D eigenvalue weighted by Crippen LogP contribution is -1.95. The summed E-state index contributed by atoms with van der Waals surface area (Å²) in [5, 5.41) is 0. The molecular formula is C20H12I2N2. The number of aromatic nitrogens is 2. The molecule has 1 heterocycles. The van der Waals surface area contributed by atoms with Gasteiger partial charge in [-0.2, -0.15) is 0 Å². The molecule has 0 unspecified atom stereocenters. The van der Waals surface area contributed by atoms with E-state index < -0.39 is 0 Å². The summed E-state index contributed by atoms with van der Waals surface area (Å²) in [6.45, 7) is 0. The predicted molar refractivity (Wildman–Crippen MR) is 116 cm³/mol. The van der Waals surface area contributed by atoms with Gasteiger partial charge in [0.25, 0.3) is 0 Å². The molecule has 0 aliphatic rings. The Hall–Kier alpha value is -1.54. The molecule has 0 amide bonds. The van der Waals surface area contributed by atoms with Gasteiger partial charge in [0, 0.05) is 18.3 Å². The number of hydrogen-bond acceptors (Lipinski definition) is 2. The smallest absolute Gasteiger partial charge is 0.0973 e. The quantitative estimate of drug-likeness (QED) is 0.288. The highest BCUT2D eigenvalue weighted by atomic mass is 127. The van der Waals surface area contributed by atoms with Crippen LogP contribution in [0.2, 0.25) is 0 Å². The minimum Gasteiger partial charge on any atom is -0.244 e. The van der Waals surface area contributed by atoms with Gasteiger partial charge in [-0.3, -0.25) is 0 Å². The first-order chi connectivity index (χ1) is 11.7. The van der Waals surface area contributed by atoms with Crippen molar-refractivity contribution >= 4 is 56.2 Å². The van der Waals surface area contributed by atoms with Crippen LogP contribution in [-0.4, -0.2) is 9.97 Å². The van der Waals surface area contributed by atoms with Crippen molar-refractivity contribution in [2.45, 2.75) is 0 Å². The highest BCUT2D eigenvalue weighted by molar-refractivity contribution is 14.1. The number of benzene rings is 3. The Labute approximate surface area is 167 Å². The Balaban J connectivity index is 2.00. The first kappa shape index (κ1) is 16.0. The summed E-state index contributed by atoms with van der Waals surface area (Å²) in [6.07, 6.45) is 0. The van der Waals surface area contributed by atoms with Crippen LogP contribution in [0.15, 0.2) is 72.8 Å². The number of rotatable bonds is 2. The van der Waals surface area contributed by atoms with Gasteiger partial charge < -0.3 is 0 Å². The van der Waals surface area contributed by atoms with Gasteiger partial charge in [0.2, 0.25) is 0 Å². The van der Waals surface area contributed by atoms with Gasteiger partial charge in [-0.25, -0.2) is 9.97 Å². The van der Waals surface area contributed by atoms with Crippen molar-refractivity contribution in [3.63, 3.8) is 0 Å². The molecule has 0 spiro atoms. The summed E-state index contributed by atoms with van der Waals surface area (Å²) in [5.74, 6) is 0. The lowest BCUT2D eigenvalue weighted by Gasteiger charge is -2.11. The van der Waals surface area contributed by atoms with Crippen LogP contribution in [0, 0.1) is 7.14 Å². The van der Waals surface area contributed by atoms with Crippen LogP contribution in [0.4, 0.5) is 0 Å². The second-order valence-electron chi connectivity index (χ2n) is 5.42. The first-order valence-corrected chi connectivity index (χ1v) is 9.65. The van der Waals surface area contributed by atoms with E-state index in [2.05, 4.69) is 93.7 Å². The molecular weight excluding hydrogens is 522 g/mol. The highest BCUT2D eigenvalue weighted by Gasteiger charge is 2.13. The zero-order valence-electron chi connectivity index (χ0n) is 12.6. The van der Waals surface area contributed by atoms with Crippen molar-refractivity contribution in [3.8, 4) is 22.5 Å². The fourth-order valence-corrected chi connectivity index (χ4v) is 3.34. The van der Waals surface area contributed by atoms with E-state index in [1.807, 2.05) is 24.3 Å². The monoisotopic (exact) mass is 534 g/mol. The maximum absolute atomic E-state index is 4.91. The molecule has 0 aliphatic heterocycles. The van der Waals surface area contributed by atoms with E-state index in [1.165, 1.54) is 7.14 Å². The lowest BCUT2D eigenvalue weighted by molar-refractivity contribution is 1.29. The fourth-order valence-electron chi connectivity index (χ4n) is 2.62. The average Bonchev–Trinajstić information content (AvgIpc) is 2.62. The maximum Gasteiger partial charge on any atom is 0.0973 e. The number of nitrogens with zero attached hydrogens (tertiary/aromatic N) is 2. The fraction of sp³-hybridized carbons (Fsp3) is 0. The molecule has 0 fully saturated rings. The minimum atomic E-state index is 0.917. The maximum atomic E-state index is 4.91. The summed E-state index contributed by atoms with van der Waals surface area (Å²) >= 11 is 4.63. The Morgan fingerprint density at radius 1 is 0.500 bits per heavy atom. The molecule has 0 bridgehead atoms. The SMILES string of the molecule is Ic1ccc(-c2nc3ccccc3nc2-c2ccc(I)cc2)cc1. The van der Waals surface area contributed by atoms with Crippen LogP contribution < -0.4 is 0 Å². The molecule has 0 aliphatic carbocycles. The van der Waals surface area contributed by atoms with Gasteiger partial charge in [0.1, 0.15) is 0 Å². The van der Waals surface area contributed by atoms with Gasteiger partial charge in [-0.05, 0) is 81.6 Å². The summed E-state index contributed by atoms with van der Waals surface area (Å²) < 4.78 is 2.42. The molecule has 4 rings (SSSR count). The molecule has 0 saturated heterocycles. The van der Waals surface area contributed by atoms with Crippen LogP contribution in [0.3, 0.4) is 0 Å². The van der Waals surface area contributed by atoms with E-state index in [-0.39, 0.29) is 0 Å². The zero-order valence-corrected chi connectivity index (χ0v) is 16.9. The summed E-state index contributed by atoms with van der Waals surface area (Å²) in [6, 6.07) is 24.9. The largest absolute Gasteiger partial charge is 0.244 e. The third-order valence-corrected chi connectivity index (χ3v) is 5.24. The second-order valence-corrected chi connectivity index (χ2v) is 7.91. The third kappa shape index (κ3) is 3.17. The Bertz CT molecular complexity index is 926. The molecule has 0 radical (unpaired) electrons. The average molecular weight is 534 g/mol. The van der Waals surface area contributed by atoms with Gasteiger partial charge in [-0.15, -0.1) is 0 Å². The summed E-state index contributed by atoms with van der Waals surface area (Å²) in [7, 11) is 0. The zero-order chi connectivity index (χ0) is 16.5. The molecule has 116 valence electrons. The van der Waals surface area contributed by atoms with Crippen molar-refractivity contribution in [2.75, 3.05) is 0 Å². The normalized spacial score (nSPS) is 10.9. The second kappa shape index (κ2) is 6.76. The molecule has 4 heteroatoms. The third-order valence-electron chi connectivity index (χ3n) is 3.81. The van der Waals surface area contributed by atoms with Crippen molar-refractivity contribution in [1.29, 1.82) is 0 Å². The lowest BCUT2D eigenvalue weighted by atomic mass is 10.0. The van der Waals surface area contributed by atoms with Crippen LogP contribution in [0.5, 0.6) is 0 Å². The number of fused-ring (bicyclic) bond motifs is 1. The van der Waals surface area contributed by atoms with E-state index in [0.29, 0.717) is 0 Å². The standard InChI is InChI=1S/C20H12I2N2/c21-15-9-5-13(6-10-15)19-20(14-7-11-16(22)12-8-14)24-18-4-2-1-3-17(18)23-19/h1-12H. The molecule has 4 aromatic rings. The molecule has 0 N–H and O–H groups in total. The molecule has 3 aromatic carbocycles. The van der Waals surface area contributed by atoms with Crippen LogP contribution in [-0.2, 0) is 0 Å². The van der Waals surface area contributed by atoms with E-state index in [9.17, 15) is 0 Å². The van der Waals surface area contributed by atoms with E-state index >= 15 is 0 Å². The number of hydrogen-bond donors (Lipinski definition) is 0. The summed E-state index contributed by atoms with van der Waals surface area (Å²) in [5.41, 5.74) is 5.85. The minimum absolute atomic E-state index is 0.917. The predicted octanol–water partition coefficient (Wildman–Crippen LogP) is 6.17. The first-order valence-electron chi connectivity index (χ1n) is 7.49. The number of para-hydroxylation sites is 2. The van der Waals surface area contributed by atoms with Crippen molar-refractivity contribution < 1.29 is 0 Å². The van der Waals surface area contributed by atoms with E-state index in [1.54, 1.807) is 0 Å². The molecule has 0 saturated carbocycles. The van der Waals surface area contributed by atoms with Gasteiger partial charge >= 0.3 is 0 Å².